The van der Waals surface area contributed by atoms with E-state index in [1.807, 2.05) is 59.7 Å². The molecule has 0 aromatic carbocycles. The van der Waals surface area contributed by atoms with Crippen molar-refractivity contribution in [1.82, 2.24) is 4.90 Å². The molecule has 0 bridgehead atoms. The van der Waals surface area contributed by atoms with Crippen LogP contribution in [-0.2, 0) is 38.0 Å². The summed E-state index contributed by atoms with van der Waals surface area (Å²) in [7, 11) is 5.24. The Morgan fingerprint density at radius 2 is 1.58 bits per heavy atom. The molecule has 0 aliphatic carbocycles. The number of allylic oxidation sites excluding steroid dienone is 3. The number of methoxy groups -OCH3 is 1. The predicted octanol–water partition coefficient (Wildman–Crippen LogP) is 2.78. The van der Waals surface area contributed by atoms with Crippen molar-refractivity contribution in [3.05, 3.63) is 36.5 Å². The van der Waals surface area contributed by atoms with Crippen LogP contribution in [0.4, 0.5) is 0 Å². The third kappa shape index (κ3) is 10.7. The summed E-state index contributed by atoms with van der Waals surface area (Å²) in [5.74, 6) is -1.73. The van der Waals surface area contributed by atoms with E-state index in [9.17, 15) is 24.9 Å². The second kappa shape index (κ2) is 18.8. The van der Waals surface area contributed by atoms with Crippen LogP contribution < -0.4 is 0 Å². The fourth-order valence-electron chi connectivity index (χ4n) is 6.80. The molecular weight excluding hydrogens is 622 g/mol. The maximum atomic E-state index is 13.2. The van der Waals surface area contributed by atoms with E-state index in [0.29, 0.717) is 19.3 Å². The van der Waals surface area contributed by atoms with Gasteiger partial charge in [0.1, 0.15) is 30.5 Å². The van der Waals surface area contributed by atoms with Crippen molar-refractivity contribution in [2.24, 2.45) is 23.7 Å². The molecule has 15 unspecified atom stereocenters. The molecule has 3 N–H and O–H groups in total. The number of esters is 1. The van der Waals surface area contributed by atoms with Crippen molar-refractivity contribution < 1.29 is 53.3 Å². The molecule has 274 valence electrons. The molecule has 3 heterocycles. The van der Waals surface area contributed by atoms with Crippen molar-refractivity contribution in [2.45, 2.75) is 128 Å². The fraction of sp³-hybridized carbons (Fsp3) is 0.778. The third-order valence-corrected chi connectivity index (χ3v) is 9.78. The van der Waals surface area contributed by atoms with Crippen LogP contribution in [0.1, 0.15) is 60.8 Å². The van der Waals surface area contributed by atoms with Crippen LogP contribution in [0.3, 0.4) is 0 Å². The fourth-order valence-corrected chi connectivity index (χ4v) is 6.80. The average Bonchev–Trinajstić information content (AvgIpc) is 3.04. The number of hydrogen-bond acceptors (Lipinski definition) is 12. The van der Waals surface area contributed by atoms with Crippen LogP contribution in [0.2, 0.25) is 0 Å². The van der Waals surface area contributed by atoms with Gasteiger partial charge < -0.3 is 48.6 Å². The zero-order valence-corrected chi connectivity index (χ0v) is 30.0. The van der Waals surface area contributed by atoms with Gasteiger partial charge >= 0.3 is 5.97 Å². The van der Waals surface area contributed by atoms with Crippen molar-refractivity contribution in [2.75, 3.05) is 27.8 Å². The molecule has 15 atom stereocenters. The normalized spacial score (nSPS) is 44.2. The lowest BCUT2D eigenvalue weighted by atomic mass is 9.84. The lowest BCUT2D eigenvalue weighted by molar-refractivity contribution is -0.300. The number of nitrogens with zero attached hydrogens (tertiary/aromatic N) is 1. The second-order valence-corrected chi connectivity index (χ2v) is 13.9. The first-order chi connectivity index (χ1) is 22.7. The highest BCUT2D eigenvalue weighted by Gasteiger charge is 2.44. The van der Waals surface area contributed by atoms with Gasteiger partial charge in [-0.15, -0.1) is 0 Å². The maximum absolute atomic E-state index is 13.2. The number of aliphatic hydroxyl groups excluding tert-OH is 3. The summed E-state index contributed by atoms with van der Waals surface area (Å²) < 4.78 is 35.7. The summed E-state index contributed by atoms with van der Waals surface area (Å²) in [5, 5.41) is 31.9. The summed E-state index contributed by atoms with van der Waals surface area (Å²) >= 11 is 0. The van der Waals surface area contributed by atoms with E-state index in [0.717, 1.165) is 0 Å². The van der Waals surface area contributed by atoms with Crippen LogP contribution in [-0.4, -0.2) is 127 Å². The number of carbonyl (C=O) groups excluding carboxylic acids is 2. The summed E-state index contributed by atoms with van der Waals surface area (Å²) in [6.45, 7) is 11.4. The minimum Gasteiger partial charge on any atom is -0.459 e. The first-order valence-corrected chi connectivity index (χ1v) is 17.3. The van der Waals surface area contributed by atoms with E-state index in [1.54, 1.807) is 25.2 Å². The van der Waals surface area contributed by atoms with Crippen molar-refractivity contribution in [1.29, 1.82) is 0 Å². The van der Waals surface area contributed by atoms with Crippen molar-refractivity contribution in [3.63, 3.8) is 0 Å². The molecule has 48 heavy (non-hydrogen) atoms. The smallest absolute Gasteiger partial charge is 0.330 e. The van der Waals surface area contributed by atoms with Crippen molar-refractivity contribution in [3.8, 4) is 0 Å². The zero-order chi connectivity index (χ0) is 35.7. The molecule has 3 aliphatic heterocycles. The molecule has 12 heteroatoms. The first-order valence-electron chi connectivity index (χ1n) is 17.3. The summed E-state index contributed by atoms with van der Waals surface area (Å²) in [6, 6.07) is -0.146. The van der Waals surface area contributed by atoms with Gasteiger partial charge in [-0.1, -0.05) is 52.0 Å². The Bertz CT molecular complexity index is 1110. The molecular formula is C36H59NO11. The van der Waals surface area contributed by atoms with E-state index < -0.39 is 67.2 Å². The zero-order valence-electron chi connectivity index (χ0n) is 30.0. The number of likely N-dealkylation sites (N-methyl/N-ethyl adjacent to an activating group) is 1. The standard InChI is InChI=1S/C36H59NO11/c1-10-28-25(19-44-36-34(43-9)32(42)30(40)24(6)46-36)13-11-12-14-27(38)21(3)17-22(4)33(20(2)15-16-29(39)47-28)48-35-31(41)26(37(7)8)18-23(5)45-35/h11-16,20-26,28,30-36,40-42H,10,17-19H2,1-9H3/b13-11+,14-12-,16-15+. The number of ether oxygens (including phenoxy) is 6. The monoisotopic (exact) mass is 681 g/mol. The molecule has 12 nitrogen and oxygen atoms in total. The van der Waals surface area contributed by atoms with Crippen molar-refractivity contribution >= 4 is 11.8 Å². The lowest BCUT2D eigenvalue weighted by Gasteiger charge is -2.43. The number of ketones is 1. The Morgan fingerprint density at radius 3 is 2.23 bits per heavy atom. The van der Waals surface area contributed by atoms with Gasteiger partial charge in [-0.25, -0.2) is 4.79 Å². The van der Waals surface area contributed by atoms with E-state index in [1.165, 1.54) is 19.3 Å². The lowest BCUT2D eigenvalue weighted by Crippen LogP contribution is -2.58. The third-order valence-electron chi connectivity index (χ3n) is 9.78. The predicted molar refractivity (Wildman–Crippen MR) is 179 cm³/mol. The van der Waals surface area contributed by atoms with Crippen LogP contribution in [0, 0.1) is 23.7 Å². The molecule has 3 aliphatic rings. The van der Waals surface area contributed by atoms with Gasteiger partial charge in [0, 0.05) is 37.0 Å². The number of cyclic esters (lactones) is 1. The van der Waals surface area contributed by atoms with E-state index in [2.05, 4.69) is 0 Å². The van der Waals surface area contributed by atoms with Crippen LogP contribution in [0.5, 0.6) is 0 Å². The van der Waals surface area contributed by atoms with Gasteiger partial charge in [0.15, 0.2) is 18.4 Å². The summed E-state index contributed by atoms with van der Waals surface area (Å²) in [4.78, 5) is 28.3. The number of carbonyl (C=O) groups is 2. The average molecular weight is 682 g/mol. The van der Waals surface area contributed by atoms with Crippen LogP contribution in [0.15, 0.2) is 36.5 Å². The number of aliphatic hydroxyl groups is 3. The molecule has 0 amide bonds. The molecule has 0 radical (unpaired) electrons. The maximum Gasteiger partial charge on any atom is 0.330 e. The minimum absolute atomic E-state index is 0.0397. The largest absolute Gasteiger partial charge is 0.459 e. The first kappa shape index (κ1) is 40.4. The Balaban J connectivity index is 1.85. The summed E-state index contributed by atoms with van der Waals surface area (Å²) in [5.41, 5.74) is 0. The SMILES string of the molecule is CCC1OC(=O)/C=C/C(C)C(OC2OC(C)CC(N(C)C)C2O)C(C)CC(C)C(=O)/C=C\C=C\C1COC1OC(C)C(O)C(O)C1OC. The molecule has 0 aromatic heterocycles. The van der Waals surface area contributed by atoms with Gasteiger partial charge in [0.05, 0.1) is 24.9 Å². The molecule has 0 saturated carbocycles. The van der Waals surface area contributed by atoms with Gasteiger partial charge in [0.2, 0.25) is 0 Å². The molecule has 0 spiro atoms. The van der Waals surface area contributed by atoms with E-state index in [4.69, 9.17) is 28.4 Å². The van der Waals surface area contributed by atoms with Crippen LogP contribution >= 0.6 is 0 Å². The second-order valence-electron chi connectivity index (χ2n) is 13.9. The highest BCUT2D eigenvalue weighted by atomic mass is 16.7. The van der Waals surface area contributed by atoms with Gasteiger partial charge in [-0.05, 0) is 59.2 Å². The Labute approximate surface area is 286 Å². The topological polar surface area (TPSA) is 153 Å². The number of rotatable bonds is 8. The van der Waals surface area contributed by atoms with Crippen LogP contribution in [0.25, 0.3) is 0 Å². The Morgan fingerprint density at radius 1 is 0.875 bits per heavy atom. The van der Waals surface area contributed by atoms with E-state index in [-0.39, 0.29) is 42.3 Å². The van der Waals surface area contributed by atoms with Gasteiger partial charge in [-0.3, -0.25) is 4.79 Å². The molecule has 3 rings (SSSR count). The molecule has 0 aromatic rings. The summed E-state index contributed by atoms with van der Waals surface area (Å²) in [6.07, 6.45) is 3.67. The Hall–Kier alpha value is -2.00. The highest BCUT2D eigenvalue weighted by molar-refractivity contribution is 5.91. The van der Waals surface area contributed by atoms with Gasteiger partial charge in [0.25, 0.3) is 0 Å². The quantitative estimate of drug-likeness (QED) is 0.323. The molecule has 2 fully saturated rings. The van der Waals surface area contributed by atoms with E-state index >= 15 is 0 Å². The Kier molecular flexibility index (Phi) is 15.9. The highest BCUT2D eigenvalue weighted by Crippen LogP contribution is 2.32. The minimum atomic E-state index is -1.21. The number of hydrogen-bond donors (Lipinski definition) is 3. The van der Waals surface area contributed by atoms with Gasteiger partial charge in [-0.2, -0.15) is 0 Å². The molecule has 2 saturated heterocycles.